The number of unbranched alkanes of at least 4 members (excludes halogenated alkanes) is 1. The van der Waals surface area contributed by atoms with Crippen LogP contribution in [0.15, 0.2) is 11.6 Å². The molecule has 4 heteroatoms. The molecule has 0 saturated heterocycles. The van der Waals surface area contributed by atoms with E-state index in [-0.39, 0.29) is 6.42 Å². The first-order chi connectivity index (χ1) is 8.47. The Hall–Kier alpha value is -0.510. The average Bonchev–Trinajstić information content (AvgIpc) is 3.05. The van der Waals surface area contributed by atoms with E-state index in [1.54, 1.807) is 0 Å². The highest BCUT2D eigenvalue weighted by molar-refractivity contribution is 5.19. The van der Waals surface area contributed by atoms with Gasteiger partial charge in [0, 0.05) is 19.6 Å². The molecule has 2 rings (SSSR count). The van der Waals surface area contributed by atoms with Crippen molar-refractivity contribution in [2.75, 3.05) is 13.2 Å². The van der Waals surface area contributed by atoms with Gasteiger partial charge >= 0.3 is 6.18 Å². The second kappa shape index (κ2) is 5.64. The third-order valence-corrected chi connectivity index (χ3v) is 4.10. The molecule has 1 saturated carbocycles. The first-order valence-corrected chi connectivity index (χ1v) is 6.78. The van der Waals surface area contributed by atoms with Crippen molar-refractivity contribution in [2.45, 2.75) is 45.2 Å². The van der Waals surface area contributed by atoms with Crippen LogP contribution in [0.25, 0.3) is 0 Å². The zero-order chi connectivity index (χ0) is 13.2. The fourth-order valence-electron chi connectivity index (χ4n) is 2.88. The zero-order valence-corrected chi connectivity index (χ0v) is 10.8. The van der Waals surface area contributed by atoms with E-state index in [2.05, 4.69) is 13.0 Å². The summed E-state index contributed by atoms with van der Waals surface area (Å²) in [5, 5.41) is 0. The summed E-state index contributed by atoms with van der Waals surface area (Å²) < 4.78 is 41.2. The van der Waals surface area contributed by atoms with E-state index >= 15 is 0 Å². The normalized spacial score (nSPS) is 30.9. The molecular weight excluding hydrogens is 241 g/mol. The molecule has 2 aliphatic carbocycles. The monoisotopic (exact) mass is 262 g/mol. The Labute approximate surface area is 106 Å². The summed E-state index contributed by atoms with van der Waals surface area (Å²) in [6.07, 6.45) is 0.638. The van der Waals surface area contributed by atoms with Crippen molar-refractivity contribution in [3.05, 3.63) is 11.6 Å². The Kier molecular flexibility index (Phi) is 4.36. The van der Waals surface area contributed by atoms with Crippen molar-refractivity contribution in [3.63, 3.8) is 0 Å². The molecule has 1 unspecified atom stereocenters. The molecule has 2 aliphatic rings. The lowest BCUT2D eigenvalue weighted by molar-refractivity contribution is -0.136. The largest absolute Gasteiger partial charge is 0.389 e. The van der Waals surface area contributed by atoms with Crippen LogP contribution in [-0.4, -0.2) is 19.4 Å². The Bertz CT molecular complexity index is 309. The maximum atomic E-state index is 11.9. The van der Waals surface area contributed by atoms with E-state index in [9.17, 15) is 13.2 Å². The Morgan fingerprint density at radius 2 is 2.11 bits per heavy atom. The highest BCUT2D eigenvalue weighted by Crippen LogP contribution is 2.53. The Balaban J connectivity index is 1.52. The van der Waals surface area contributed by atoms with E-state index in [1.807, 2.05) is 0 Å². The van der Waals surface area contributed by atoms with Crippen LogP contribution in [0.2, 0.25) is 0 Å². The van der Waals surface area contributed by atoms with Gasteiger partial charge in [-0.3, -0.25) is 0 Å². The lowest BCUT2D eigenvalue weighted by Gasteiger charge is -2.20. The molecule has 3 atom stereocenters. The van der Waals surface area contributed by atoms with E-state index in [1.165, 1.54) is 12.0 Å². The molecule has 0 aromatic rings. The van der Waals surface area contributed by atoms with Gasteiger partial charge in [-0.05, 0) is 50.4 Å². The number of allylic oxidation sites excluding steroid dienone is 2. The molecule has 0 aliphatic heterocycles. The van der Waals surface area contributed by atoms with Crippen molar-refractivity contribution < 1.29 is 17.9 Å². The van der Waals surface area contributed by atoms with Gasteiger partial charge in [-0.15, -0.1) is 0 Å². The first-order valence-electron chi connectivity index (χ1n) is 6.78. The van der Waals surface area contributed by atoms with Gasteiger partial charge in [0.2, 0.25) is 0 Å². The predicted octanol–water partition coefficient (Wildman–Crippen LogP) is 4.34. The number of hydrogen-bond acceptors (Lipinski definition) is 1. The van der Waals surface area contributed by atoms with Crippen molar-refractivity contribution in [2.24, 2.45) is 17.8 Å². The first kappa shape index (κ1) is 13.9. The molecule has 0 bridgehead atoms. The molecule has 0 heterocycles. The molecule has 0 radical (unpaired) electrons. The van der Waals surface area contributed by atoms with E-state index in [4.69, 9.17) is 4.74 Å². The fraction of sp³-hybridized carbons (Fsp3) is 0.857. The number of alkyl halides is 3. The van der Waals surface area contributed by atoms with Crippen LogP contribution < -0.4 is 0 Å². The SMILES string of the molecule is CC1=CCC(COCCCCC(F)(F)F)[C@H]2C[C@@H]12. The van der Waals surface area contributed by atoms with Crippen LogP contribution in [0.4, 0.5) is 13.2 Å². The van der Waals surface area contributed by atoms with Gasteiger partial charge in [-0.1, -0.05) is 11.6 Å². The highest BCUT2D eigenvalue weighted by Gasteiger charge is 2.45. The summed E-state index contributed by atoms with van der Waals surface area (Å²) >= 11 is 0. The molecule has 1 nitrogen and oxygen atoms in total. The summed E-state index contributed by atoms with van der Waals surface area (Å²) in [6, 6.07) is 0. The standard InChI is InChI=1S/C14H21F3O/c1-10-4-5-11(13-8-12(10)13)9-18-7-3-2-6-14(15,16)17/h4,11-13H,2-3,5-9H2,1H3/t11?,12-,13+/m0/s1. The third kappa shape index (κ3) is 4.01. The molecule has 104 valence electrons. The molecule has 1 fully saturated rings. The second-order valence-corrected chi connectivity index (χ2v) is 5.60. The van der Waals surface area contributed by atoms with Gasteiger partial charge in [0.15, 0.2) is 0 Å². The molecule has 0 N–H and O–H groups in total. The number of rotatable bonds is 6. The van der Waals surface area contributed by atoms with E-state index < -0.39 is 12.6 Å². The topological polar surface area (TPSA) is 9.23 Å². The highest BCUT2D eigenvalue weighted by atomic mass is 19.4. The van der Waals surface area contributed by atoms with E-state index in [0.29, 0.717) is 18.9 Å². The van der Waals surface area contributed by atoms with Gasteiger partial charge in [-0.2, -0.15) is 13.2 Å². The van der Waals surface area contributed by atoms with Crippen LogP contribution in [-0.2, 0) is 4.74 Å². The fourth-order valence-corrected chi connectivity index (χ4v) is 2.88. The molecule has 0 aromatic carbocycles. The molecule has 0 aromatic heterocycles. The lowest BCUT2D eigenvalue weighted by Crippen LogP contribution is -2.16. The Morgan fingerprint density at radius 1 is 1.33 bits per heavy atom. The van der Waals surface area contributed by atoms with Crippen LogP contribution in [0.1, 0.15) is 39.0 Å². The minimum Gasteiger partial charge on any atom is -0.381 e. The van der Waals surface area contributed by atoms with Gasteiger partial charge < -0.3 is 4.74 Å². The maximum Gasteiger partial charge on any atom is 0.389 e. The number of halogens is 3. The predicted molar refractivity (Wildman–Crippen MR) is 64.2 cm³/mol. The van der Waals surface area contributed by atoms with Crippen LogP contribution in [0.5, 0.6) is 0 Å². The third-order valence-electron chi connectivity index (χ3n) is 4.10. The van der Waals surface area contributed by atoms with Crippen molar-refractivity contribution in [1.82, 2.24) is 0 Å². The van der Waals surface area contributed by atoms with Crippen LogP contribution in [0, 0.1) is 17.8 Å². The van der Waals surface area contributed by atoms with E-state index in [0.717, 1.165) is 24.9 Å². The lowest BCUT2D eigenvalue weighted by atomic mass is 9.91. The van der Waals surface area contributed by atoms with Gasteiger partial charge in [-0.25, -0.2) is 0 Å². The molecule has 18 heavy (non-hydrogen) atoms. The van der Waals surface area contributed by atoms with Crippen LogP contribution in [0.3, 0.4) is 0 Å². The summed E-state index contributed by atoms with van der Waals surface area (Å²) in [4.78, 5) is 0. The van der Waals surface area contributed by atoms with Crippen molar-refractivity contribution in [1.29, 1.82) is 0 Å². The molecule has 0 spiro atoms. The molecular formula is C14H21F3O. The van der Waals surface area contributed by atoms with Crippen molar-refractivity contribution >= 4 is 0 Å². The summed E-state index contributed by atoms with van der Waals surface area (Å²) in [5.41, 5.74) is 1.52. The van der Waals surface area contributed by atoms with Crippen LogP contribution >= 0.6 is 0 Å². The molecule has 0 amide bonds. The summed E-state index contributed by atoms with van der Waals surface area (Å²) in [7, 11) is 0. The maximum absolute atomic E-state index is 11.9. The summed E-state index contributed by atoms with van der Waals surface area (Å²) in [6.45, 7) is 3.38. The van der Waals surface area contributed by atoms with Gasteiger partial charge in [0.1, 0.15) is 0 Å². The second-order valence-electron chi connectivity index (χ2n) is 5.60. The summed E-state index contributed by atoms with van der Waals surface area (Å²) in [5.74, 6) is 2.16. The van der Waals surface area contributed by atoms with Gasteiger partial charge in [0.25, 0.3) is 0 Å². The quantitative estimate of drug-likeness (QED) is 0.511. The smallest absolute Gasteiger partial charge is 0.381 e. The minimum atomic E-state index is -4.02. The van der Waals surface area contributed by atoms with Crippen molar-refractivity contribution in [3.8, 4) is 0 Å². The minimum absolute atomic E-state index is 0.180. The average molecular weight is 262 g/mol. The van der Waals surface area contributed by atoms with Gasteiger partial charge in [0.05, 0.1) is 0 Å². The number of hydrogen-bond donors (Lipinski definition) is 0. The zero-order valence-electron chi connectivity index (χ0n) is 10.8. The number of fused-ring (bicyclic) bond motifs is 1. The Morgan fingerprint density at radius 3 is 2.83 bits per heavy atom. The number of ether oxygens (including phenoxy) is 1.